The second kappa shape index (κ2) is 10.2. The van der Waals surface area contributed by atoms with Gasteiger partial charge in [0.15, 0.2) is 0 Å². The SMILES string of the molecule is CCOC(=O)[C@H]1[C@@H]2C(=O)N([C@@H](CO)C(C)C)[C@H](C(=O)NCn3nnc4ccccc43)[C@H]2C=C[C@H]1C. The van der Waals surface area contributed by atoms with E-state index in [0.29, 0.717) is 5.52 Å². The van der Waals surface area contributed by atoms with Gasteiger partial charge in [-0.1, -0.05) is 50.3 Å². The molecule has 0 saturated carbocycles. The molecule has 10 nitrogen and oxygen atoms in total. The molecule has 0 bridgehead atoms. The number of amides is 2. The number of carbonyl (C=O) groups excluding carboxylic acids is 3. The first kappa shape index (κ1) is 24.8. The molecule has 1 aromatic carbocycles. The first-order valence-electron chi connectivity index (χ1n) is 12.1. The van der Waals surface area contributed by atoms with Crippen LogP contribution in [0.25, 0.3) is 11.0 Å². The summed E-state index contributed by atoms with van der Waals surface area (Å²) in [5, 5.41) is 21.3. The molecule has 1 fully saturated rings. The van der Waals surface area contributed by atoms with Crippen molar-refractivity contribution in [3.05, 3.63) is 36.4 Å². The largest absolute Gasteiger partial charge is 0.466 e. The van der Waals surface area contributed by atoms with Crippen LogP contribution in [0.15, 0.2) is 36.4 Å². The van der Waals surface area contributed by atoms with Gasteiger partial charge in [0.05, 0.1) is 36.6 Å². The number of fused-ring (bicyclic) bond motifs is 2. The number of aromatic nitrogens is 3. The first-order chi connectivity index (χ1) is 16.8. The summed E-state index contributed by atoms with van der Waals surface area (Å²) >= 11 is 0. The van der Waals surface area contributed by atoms with Crippen LogP contribution < -0.4 is 5.32 Å². The van der Waals surface area contributed by atoms with E-state index in [4.69, 9.17) is 4.74 Å². The van der Waals surface area contributed by atoms with Crippen molar-refractivity contribution in [2.75, 3.05) is 13.2 Å². The Labute approximate surface area is 204 Å². The van der Waals surface area contributed by atoms with E-state index in [-0.39, 0.29) is 43.5 Å². The van der Waals surface area contributed by atoms with Gasteiger partial charge in [-0.05, 0) is 30.9 Å². The summed E-state index contributed by atoms with van der Waals surface area (Å²) in [5.41, 5.74) is 1.48. The lowest BCUT2D eigenvalue weighted by atomic mass is 9.70. The zero-order valence-corrected chi connectivity index (χ0v) is 20.5. The molecule has 2 N–H and O–H groups in total. The van der Waals surface area contributed by atoms with Crippen molar-refractivity contribution in [1.82, 2.24) is 25.2 Å². The van der Waals surface area contributed by atoms with Gasteiger partial charge in [0.2, 0.25) is 11.8 Å². The highest BCUT2D eigenvalue weighted by molar-refractivity contribution is 5.96. The van der Waals surface area contributed by atoms with Gasteiger partial charge in [-0.15, -0.1) is 5.10 Å². The van der Waals surface area contributed by atoms with Gasteiger partial charge in [-0.2, -0.15) is 0 Å². The van der Waals surface area contributed by atoms with E-state index < -0.39 is 35.8 Å². The Morgan fingerprint density at radius 3 is 2.66 bits per heavy atom. The van der Waals surface area contributed by atoms with Crippen molar-refractivity contribution in [2.24, 2.45) is 29.6 Å². The lowest BCUT2D eigenvalue weighted by molar-refractivity contribution is -0.156. The number of rotatable bonds is 8. The number of allylic oxidation sites excluding steroid dienone is 1. The second-order valence-electron chi connectivity index (χ2n) is 9.59. The molecular formula is C25H33N5O5. The Kier molecular flexibility index (Phi) is 7.20. The predicted octanol–water partition coefficient (Wildman–Crippen LogP) is 1.35. The van der Waals surface area contributed by atoms with Gasteiger partial charge in [0.25, 0.3) is 0 Å². The molecule has 35 heavy (non-hydrogen) atoms. The number of ether oxygens (including phenoxy) is 1. The van der Waals surface area contributed by atoms with Crippen LogP contribution in [-0.2, 0) is 25.8 Å². The van der Waals surface area contributed by atoms with Crippen LogP contribution in [0.1, 0.15) is 27.7 Å². The molecule has 2 aliphatic rings. The molecule has 2 heterocycles. The van der Waals surface area contributed by atoms with Crippen LogP contribution in [-0.4, -0.2) is 68.1 Å². The zero-order chi connectivity index (χ0) is 25.3. The van der Waals surface area contributed by atoms with Crippen molar-refractivity contribution in [2.45, 2.75) is 46.4 Å². The van der Waals surface area contributed by atoms with Crippen LogP contribution in [0.4, 0.5) is 0 Å². The number of benzene rings is 1. The number of aliphatic hydroxyl groups is 1. The van der Waals surface area contributed by atoms with Gasteiger partial charge in [-0.3, -0.25) is 14.4 Å². The molecular weight excluding hydrogens is 450 g/mol. The van der Waals surface area contributed by atoms with Crippen LogP contribution in [0, 0.1) is 29.6 Å². The van der Waals surface area contributed by atoms with Crippen molar-refractivity contribution in [3.8, 4) is 0 Å². The molecule has 0 radical (unpaired) electrons. The fourth-order valence-electron chi connectivity index (χ4n) is 5.41. The Balaban J connectivity index is 1.66. The van der Waals surface area contributed by atoms with Crippen LogP contribution in [0.5, 0.6) is 0 Å². The van der Waals surface area contributed by atoms with Crippen molar-refractivity contribution in [1.29, 1.82) is 0 Å². The summed E-state index contributed by atoms with van der Waals surface area (Å²) in [6.45, 7) is 7.39. The minimum absolute atomic E-state index is 0.0716. The quantitative estimate of drug-likeness (QED) is 0.429. The zero-order valence-electron chi connectivity index (χ0n) is 20.5. The number of nitrogens with one attached hydrogen (secondary N) is 1. The molecule has 0 spiro atoms. The van der Waals surface area contributed by atoms with E-state index in [2.05, 4.69) is 15.6 Å². The fourth-order valence-corrected chi connectivity index (χ4v) is 5.41. The van der Waals surface area contributed by atoms with E-state index in [9.17, 15) is 19.5 Å². The maximum absolute atomic E-state index is 13.8. The van der Waals surface area contributed by atoms with E-state index in [1.165, 1.54) is 4.90 Å². The van der Waals surface area contributed by atoms with E-state index in [1.54, 1.807) is 11.6 Å². The number of esters is 1. The highest BCUT2D eigenvalue weighted by atomic mass is 16.5. The number of nitrogens with zero attached hydrogens (tertiary/aromatic N) is 4. The van der Waals surface area contributed by atoms with Gasteiger partial charge >= 0.3 is 5.97 Å². The molecule has 10 heteroatoms. The molecule has 0 unspecified atom stereocenters. The second-order valence-corrected chi connectivity index (χ2v) is 9.59. The average molecular weight is 484 g/mol. The third-order valence-corrected chi connectivity index (χ3v) is 7.17. The topological polar surface area (TPSA) is 127 Å². The fraction of sp³-hybridized carbons (Fsp3) is 0.560. The van der Waals surface area contributed by atoms with Crippen molar-refractivity contribution < 1.29 is 24.2 Å². The molecule has 188 valence electrons. The Hall–Kier alpha value is -3.27. The molecule has 1 saturated heterocycles. The summed E-state index contributed by atoms with van der Waals surface area (Å²) in [6.07, 6.45) is 3.75. The summed E-state index contributed by atoms with van der Waals surface area (Å²) in [4.78, 5) is 41.8. The third-order valence-electron chi connectivity index (χ3n) is 7.17. The monoisotopic (exact) mass is 483 g/mol. The number of hydrogen-bond donors (Lipinski definition) is 2. The Morgan fingerprint density at radius 1 is 1.23 bits per heavy atom. The van der Waals surface area contributed by atoms with Crippen LogP contribution in [0.3, 0.4) is 0 Å². The van der Waals surface area contributed by atoms with E-state index in [0.717, 1.165) is 5.52 Å². The molecule has 2 aromatic rings. The highest BCUT2D eigenvalue weighted by Gasteiger charge is 2.58. The molecule has 1 aliphatic carbocycles. The maximum Gasteiger partial charge on any atom is 0.310 e. The molecule has 2 amide bonds. The summed E-state index contributed by atoms with van der Waals surface area (Å²) in [5.74, 6) is -3.36. The highest BCUT2D eigenvalue weighted by Crippen LogP contribution is 2.45. The van der Waals surface area contributed by atoms with Crippen molar-refractivity contribution >= 4 is 28.8 Å². The Bertz CT molecular complexity index is 1130. The van der Waals surface area contributed by atoms with Crippen LogP contribution in [0.2, 0.25) is 0 Å². The summed E-state index contributed by atoms with van der Waals surface area (Å²) in [6, 6.07) is 5.98. The average Bonchev–Trinajstić information content (AvgIpc) is 3.37. The van der Waals surface area contributed by atoms with Gasteiger partial charge < -0.3 is 20.1 Å². The maximum atomic E-state index is 13.8. The number of hydrogen-bond acceptors (Lipinski definition) is 7. The standard InChI is InChI=1S/C25H33N5O5/c1-5-35-25(34)20-15(4)10-11-16-21(20)24(33)30(19(12-31)14(2)3)22(16)23(32)26-13-29-18-9-7-6-8-17(18)27-28-29/h6-11,14-16,19-22,31H,5,12-13H2,1-4H3,(H,26,32)/t15-,16+,19+,20-,21-,22+/m1/s1. The van der Waals surface area contributed by atoms with Crippen molar-refractivity contribution in [3.63, 3.8) is 0 Å². The first-order valence-corrected chi connectivity index (χ1v) is 12.1. The molecule has 4 rings (SSSR count). The minimum Gasteiger partial charge on any atom is -0.466 e. The predicted molar refractivity (Wildman–Crippen MR) is 127 cm³/mol. The summed E-state index contributed by atoms with van der Waals surface area (Å²) in [7, 11) is 0. The number of para-hydroxylation sites is 1. The third kappa shape index (κ3) is 4.42. The molecule has 6 atom stereocenters. The van der Waals surface area contributed by atoms with E-state index >= 15 is 0 Å². The van der Waals surface area contributed by atoms with E-state index in [1.807, 2.05) is 57.2 Å². The van der Waals surface area contributed by atoms with Gasteiger partial charge in [-0.25, -0.2) is 4.68 Å². The van der Waals surface area contributed by atoms with Gasteiger partial charge in [0, 0.05) is 5.92 Å². The lowest BCUT2D eigenvalue weighted by Crippen LogP contribution is -2.54. The smallest absolute Gasteiger partial charge is 0.310 e. The summed E-state index contributed by atoms with van der Waals surface area (Å²) < 4.78 is 6.88. The molecule has 1 aliphatic heterocycles. The Morgan fingerprint density at radius 2 is 1.97 bits per heavy atom. The minimum atomic E-state index is -0.873. The van der Waals surface area contributed by atoms with Gasteiger partial charge in [0.1, 0.15) is 18.2 Å². The van der Waals surface area contributed by atoms with Crippen LogP contribution >= 0.6 is 0 Å². The number of carbonyl (C=O) groups is 3. The number of aliphatic hydroxyl groups excluding tert-OH is 1. The number of likely N-dealkylation sites (tertiary alicyclic amines) is 1. The molecule has 1 aromatic heterocycles. The lowest BCUT2D eigenvalue weighted by Gasteiger charge is -2.35. The normalized spacial score (nSPS) is 26.7.